The predicted octanol–water partition coefficient (Wildman–Crippen LogP) is 4.51. The minimum Gasteiger partial charge on any atom is -0.475 e. The van der Waals surface area contributed by atoms with Crippen molar-refractivity contribution in [2.75, 3.05) is 100 Å². The summed E-state index contributed by atoms with van der Waals surface area (Å²) in [5.41, 5.74) is 5.92. The van der Waals surface area contributed by atoms with Crippen molar-refractivity contribution in [1.29, 1.82) is 0 Å². The molecule has 412 valence electrons. The van der Waals surface area contributed by atoms with E-state index in [1.165, 1.54) is 44.7 Å². The number of H-pyrrole nitrogens is 2. The first-order valence-corrected chi connectivity index (χ1v) is 25.3. The van der Waals surface area contributed by atoms with Gasteiger partial charge in [-0.2, -0.15) is 0 Å². The molecule has 8 aromatic heterocycles. The van der Waals surface area contributed by atoms with E-state index >= 15 is 0 Å². The summed E-state index contributed by atoms with van der Waals surface area (Å²) in [7, 11) is 7.79. The lowest BCUT2D eigenvalue weighted by atomic mass is 10.1. The molecule has 10 heterocycles. The first kappa shape index (κ1) is 53.9. The highest BCUT2D eigenvalue weighted by atomic mass is 19.1. The lowest BCUT2D eigenvalue weighted by Gasteiger charge is -2.36. The Bertz CT molecular complexity index is 3860. The van der Waals surface area contributed by atoms with Crippen LogP contribution >= 0.6 is 0 Å². The smallest absolute Gasteiger partial charge is 0.377 e. The van der Waals surface area contributed by atoms with E-state index in [4.69, 9.17) is 5.11 Å². The Morgan fingerprint density at radius 3 is 1.44 bits per heavy atom. The van der Waals surface area contributed by atoms with Gasteiger partial charge in [-0.15, -0.1) is 30.6 Å². The van der Waals surface area contributed by atoms with E-state index in [1.54, 1.807) is 6.20 Å². The molecule has 0 atom stereocenters. The molecule has 81 heavy (non-hydrogen) atoms. The number of halogens is 2. The predicted molar refractivity (Wildman–Crippen MR) is 296 cm³/mol. The molecule has 2 aliphatic heterocycles. The molecule has 10 aromatic rings. The maximum Gasteiger partial charge on any atom is 0.377 e. The number of ketones is 2. The van der Waals surface area contributed by atoms with Gasteiger partial charge >= 0.3 is 5.97 Å². The molecular weight excluding hydrogens is 1050 g/mol. The van der Waals surface area contributed by atoms with Crippen molar-refractivity contribution in [2.45, 2.75) is 0 Å². The van der Waals surface area contributed by atoms with Crippen LogP contribution in [0.2, 0.25) is 0 Å². The molecular formula is C54H52F2N20O5. The summed E-state index contributed by atoms with van der Waals surface area (Å²) in [6.45, 7) is 5.61. The van der Waals surface area contributed by atoms with Gasteiger partial charge in [-0.1, -0.05) is 71.1 Å². The summed E-state index contributed by atoms with van der Waals surface area (Å²) in [6.07, 6.45) is 10.3. The van der Waals surface area contributed by atoms with Gasteiger partial charge in [0.25, 0.3) is 17.5 Å². The molecule has 0 bridgehead atoms. The molecule has 2 aliphatic rings. The number of nitrogens with one attached hydrogen (secondary N) is 3. The Morgan fingerprint density at radius 1 is 0.580 bits per heavy atom. The minimum atomic E-state index is -1.66. The van der Waals surface area contributed by atoms with E-state index < -0.39 is 35.1 Å². The topological polar surface area (TPSA) is 287 Å². The number of anilines is 4. The average molecular weight is 1100 g/mol. The minimum absolute atomic E-state index is 0.0101. The number of aromatic amines is 2. The maximum atomic E-state index is 14.8. The van der Waals surface area contributed by atoms with Crippen LogP contribution in [-0.2, 0) is 9.59 Å². The van der Waals surface area contributed by atoms with E-state index in [2.05, 4.69) is 94.3 Å². The van der Waals surface area contributed by atoms with Gasteiger partial charge in [0.1, 0.15) is 11.4 Å². The molecule has 4 N–H and O–H groups in total. The zero-order valence-electron chi connectivity index (χ0n) is 44.1. The first-order chi connectivity index (χ1) is 39.3. The molecule has 2 aromatic carbocycles. The highest BCUT2D eigenvalue weighted by Gasteiger charge is 2.32. The van der Waals surface area contributed by atoms with Gasteiger partial charge in [-0.3, -0.25) is 14.4 Å². The number of aromatic nitrogens is 14. The molecule has 0 aliphatic carbocycles. The van der Waals surface area contributed by atoms with Crippen molar-refractivity contribution >= 4 is 68.3 Å². The van der Waals surface area contributed by atoms with Crippen molar-refractivity contribution in [1.82, 2.24) is 80.5 Å². The number of pyridine rings is 2. The number of hydrogen-bond donors (Lipinski definition) is 4. The van der Waals surface area contributed by atoms with Gasteiger partial charge in [-0.25, -0.2) is 32.9 Å². The Hall–Kier alpha value is -10.4. The van der Waals surface area contributed by atoms with Crippen LogP contribution in [0.25, 0.3) is 56.0 Å². The molecule has 1 amide bonds. The number of aliphatic carboxylic acids is 1. The second kappa shape index (κ2) is 23.7. The van der Waals surface area contributed by atoms with Crippen LogP contribution in [-0.4, -0.2) is 184 Å². The number of carbonyl (C=O) groups excluding carboxylic acids is 3. The fourth-order valence-corrected chi connectivity index (χ4v) is 9.23. The number of piperazine rings is 2. The number of carboxylic acids is 1. The third-order valence-corrected chi connectivity index (χ3v) is 13.3. The maximum absolute atomic E-state index is 14.8. The summed E-state index contributed by atoms with van der Waals surface area (Å²) < 4.78 is 31.3. The molecule has 27 heteroatoms. The zero-order chi connectivity index (χ0) is 56.7. The van der Waals surface area contributed by atoms with Crippen LogP contribution in [0.4, 0.5) is 31.8 Å². The van der Waals surface area contributed by atoms with Crippen LogP contribution in [0.15, 0.2) is 122 Å². The highest BCUT2D eigenvalue weighted by molar-refractivity contribution is 6.45. The van der Waals surface area contributed by atoms with Crippen LogP contribution in [0.1, 0.15) is 20.7 Å². The number of nitrogens with zero attached hydrogens (tertiary/aromatic N) is 17. The van der Waals surface area contributed by atoms with Gasteiger partial charge in [0.15, 0.2) is 34.9 Å². The molecule has 2 saturated heterocycles. The fourth-order valence-electron chi connectivity index (χ4n) is 9.23. The zero-order valence-corrected chi connectivity index (χ0v) is 44.1. The van der Waals surface area contributed by atoms with Gasteiger partial charge < -0.3 is 44.9 Å². The number of carbonyl (C=O) groups is 4. The number of fused-ring (bicyclic) bond motifs is 2. The molecule has 0 saturated carbocycles. The van der Waals surface area contributed by atoms with Gasteiger partial charge in [0.2, 0.25) is 0 Å². The number of Topliss-reactive ketones (excluding diaryl/α,β-unsaturated/α-hetero) is 2. The van der Waals surface area contributed by atoms with E-state index in [9.17, 15) is 28.0 Å². The van der Waals surface area contributed by atoms with Crippen molar-refractivity contribution in [2.24, 2.45) is 0 Å². The standard InChI is InChI=1S/C27H25FN10O2.C16H21N5.C11H6FN5O3/c1-35(2)21-14-20(23(33-32-21)17-6-4-3-5-7-17)36-10-12-37(13-11-36)27(40)25(39)18-15-29-24-22(18)19(28)16-30-26(24)38-9-8-31-34-38;1-20(2)15-12-14(21-10-8-17-9-11-21)16(19-18-15)13-6-4-3-5-7-13;12-6-4-14-10(17-2-1-15-16-17)8-7(6)5(3-13-8)9(18)11(19)20/h3-9,14-16,29H,10-13H2,1-2H3;3-7,12,17H,8-11H2,1-2H3;1-4,13H,(H,19,20). The van der Waals surface area contributed by atoms with Gasteiger partial charge in [-0.05, 0) is 0 Å². The normalized spacial score (nSPS) is 13.3. The molecule has 12 rings (SSSR count). The summed E-state index contributed by atoms with van der Waals surface area (Å²) in [6, 6.07) is 24.2. The Labute approximate surface area is 459 Å². The van der Waals surface area contributed by atoms with E-state index in [1.807, 2.05) is 92.6 Å². The number of rotatable bonds is 12. The average Bonchev–Trinajstić information content (AvgIpc) is 4.51. The second-order valence-corrected chi connectivity index (χ2v) is 18.8. The molecule has 0 unspecified atom stereocenters. The molecule has 2 fully saturated rings. The number of hydrogen-bond acceptors (Lipinski definition) is 19. The largest absolute Gasteiger partial charge is 0.475 e. The third kappa shape index (κ3) is 11.3. The van der Waals surface area contributed by atoms with Gasteiger partial charge in [0, 0.05) is 116 Å². The summed E-state index contributed by atoms with van der Waals surface area (Å²) >= 11 is 0. The lowest BCUT2D eigenvalue weighted by molar-refractivity contribution is -0.131. The summed E-state index contributed by atoms with van der Waals surface area (Å²) in [5, 5.41) is 44.6. The SMILES string of the molecule is CN(C)c1cc(N2CCN(C(=O)C(=O)c3c[nH]c4c(-n5ccnn5)ncc(F)c34)CC2)c(-c2ccccc2)nn1.CN(C)c1cc(N2CCNCC2)c(-c2ccccc2)nn1.O=C(O)C(=O)c1c[nH]c2c(-n3ccnn3)ncc(F)c12. The lowest BCUT2D eigenvalue weighted by Crippen LogP contribution is -2.50. The van der Waals surface area contributed by atoms with E-state index in [-0.39, 0.29) is 44.6 Å². The van der Waals surface area contributed by atoms with Crippen molar-refractivity contribution in [3.05, 3.63) is 145 Å². The number of benzene rings is 2. The van der Waals surface area contributed by atoms with E-state index in [0.29, 0.717) is 32.0 Å². The number of amides is 1. The van der Waals surface area contributed by atoms with Crippen LogP contribution < -0.4 is 24.9 Å². The molecule has 0 radical (unpaired) electrons. The third-order valence-electron chi connectivity index (χ3n) is 13.3. The monoisotopic (exact) mass is 1100 g/mol. The van der Waals surface area contributed by atoms with E-state index in [0.717, 1.165) is 78.8 Å². The van der Waals surface area contributed by atoms with Crippen molar-refractivity contribution in [3.63, 3.8) is 0 Å². The molecule has 0 spiro atoms. The van der Waals surface area contributed by atoms with Crippen LogP contribution in [0.3, 0.4) is 0 Å². The Morgan fingerprint density at radius 2 is 1.02 bits per heavy atom. The highest BCUT2D eigenvalue weighted by Crippen LogP contribution is 2.34. The van der Waals surface area contributed by atoms with Crippen LogP contribution in [0, 0.1) is 11.6 Å². The summed E-state index contributed by atoms with van der Waals surface area (Å²) in [4.78, 5) is 72.2. The van der Waals surface area contributed by atoms with Gasteiger partial charge in [0.05, 0.1) is 81.5 Å². The Kier molecular flexibility index (Phi) is 15.8. The first-order valence-electron chi connectivity index (χ1n) is 25.3. The second-order valence-electron chi connectivity index (χ2n) is 18.8. The Balaban J connectivity index is 0.000000151. The van der Waals surface area contributed by atoms with Crippen molar-refractivity contribution in [3.8, 4) is 34.2 Å². The fraction of sp³-hybridized carbons (Fsp3) is 0.222. The van der Waals surface area contributed by atoms with Crippen LogP contribution in [0.5, 0.6) is 0 Å². The summed E-state index contributed by atoms with van der Waals surface area (Å²) in [5.74, 6) is -3.77. The number of carboxylic acid groups (broad SMARTS) is 1. The molecule has 25 nitrogen and oxygen atoms in total. The van der Waals surface area contributed by atoms with Crippen molar-refractivity contribution < 1.29 is 33.1 Å². The quantitative estimate of drug-likeness (QED) is 0.0967.